The van der Waals surface area contributed by atoms with Gasteiger partial charge in [-0.1, -0.05) is 42.5 Å². The highest BCUT2D eigenvalue weighted by Gasteiger charge is 2.22. The van der Waals surface area contributed by atoms with Crippen LogP contribution in [-0.2, 0) is 14.3 Å². The van der Waals surface area contributed by atoms with Crippen molar-refractivity contribution in [3.8, 4) is 0 Å². The van der Waals surface area contributed by atoms with Gasteiger partial charge >= 0.3 is 11.8 Å². The summed E-state index contributed by atoms with van der Waals surface area (Å²) in [4.78, 5) is 36.6. The molecule has 3 rings (SSSR count). The molecule has 1 aliphatic rings. The van der Waals surface area contributed by atoms with Crippen LogP contribution >= 0.6 is 0 Å². The first-order valence-electron chi connectivity index (χ1n) is 9.76. The van der Waals surface area contributed by atoms with Crippen molar-refractivity contribution in [2.24, 2.45) is 0 Å². The van der Waals surface area contributed by atoms with Gasteiger partial charge in [0.2, 0.25) is 0 Å². The Bertz CT molecular complexity index is 890. The number of nitrogens with zero attached hydrogens (tertiary/aromatic N) is 2. The van der Waals surface area contributed by atoms with Crippen molar-refractivity contribution < 1.29 is 19.2 Å². The molecule has 1 fully saturated rings. The van der Waals surface area contributed by atoms with Gasteiger partial charge < -0.3 is 15.4 Å². The molecule has 30 heavy (non-hydrogen) atoms. The molecule has 2 aromatic rings. The number of hydrogen-bond acceptors (Lipinski definition) is 6. The Morgan fingerprint density at radius 2 is 1.83 bits per heavy atom. The SMILES string of the molecule is O=C(NCCCN1CCOC(c2ccccc2)C1)C(=O)Nc1ccccc1[N+](=O)[O-]. The summed E-state index contributed by atoms with van der Waals surface area (Å²) in [5.41, 5.74) is 0.865. The molecule has 158 valence electrons. The number of nitro benzene ring substituents is 1. The highest BCUT2D eigenvalue weighted by Crippen LogP contribution is 2.23. The molecule has 0 radical (unpaired) electrons. The summed E-state index contributed by atoms with van der Waals surface area (Å²) >= 11 is 0. The van der Waals surface area contributed by atoms with Crippen LogP contribution in [0.5, 0.6) is 0 Å². The normalized spacial score (nSPS) is 16.6. The average molecular weight is 412 g/mol. The van der Waals surface area contributed by atoms with Gasteiger partial charge in [-0.3, -0.25) is 24.6 Å². The van der Waals surface area contributed by atoms with Crippen molar-refractivity contribution in [3.63, 3.8) is 0 Å². The summed E-state index contributed by atoms with van der Waals surface area (Å²) in [5, 5.41) is 15.8. The van der Waals surface area contributed by atoms with E-state index >= 15 is 0 Å². The van der Waals surface area contributed by atoms with E-state index in [1.54, 1.807) is 6.07 Å². The molecule has 0 aromatic heterocycles. The molecule has 2 amide bonds. The lowest BCUT2D eigenvalue weighted by atomic mass is 10.1. The van der Waals surface area contributed by atoms with Crippen LogP contribution in [0.1, 0.15) is 18.1 Å². The number of nitro groups is 1. The Morgan fingerprint density at radius 1 is 1.10 bits per heavy atom. The number of carbonyl (C=O) groups excluding carboxylic acids is 2. The number of amides is 2. The van der Waals surface area contributed by atoms with Gasteiger partial charge in [0.25, 0.3) is 5.69 Å². The minimum Gasteiger partial charge on any atom is -0.371 e. The molecule has 1 aliphatic heterocycles. The van der Waals surface area contributed by atoms with Crippen LogP contribution in [0.15, 0.2) is 54.6 Å². The molecule has 0 saturated carbocycles. The molecule has 1 saturated heterocycles. The fraction of sp³-hybridized carbons (Fsp3) is 0.333. The van der Waals surface area contributed by atoms with E-state index in [2.05, 4.69) is 15.5 Å². The van der Waals surface area contributed by atoms with Crippen molar-refractivity contribution >= 4 is 23.2 Å². The zero-order valence-corrected chi connectivity index (χ0v) is 16.5. The number of nitrogens with one attached hydrogen (secondary N) is 2. The third-order valence-corrected chi connectivity index (χ3v) is 4.81. The average Bonchev–Trinajstić information content (AvgIpc) is 2.77. The van der Waals surface area contributed by atoms with Crippen LogP contribution in [0.2, 0.25) is 0 Å². The van der Waals surface area contributed by atoms with Crippen molar-refractivity contribution in [1.29, 1.82) is 0 Å². The summed E-state index contributed by atoms with van der Waals surface area (Å²) in [7, 11) is 0. The zero-order valence-electron chi connectivity index (χ0n) is 16.5. The van der Waals surface area contributed by atoms with Gasteiger partial charge in [-0.05, 0) is 18.1 Å². The zero-order chi connectivity index (χ0) is 21.3. The van der Waals surface area contributed by atoms with Gasteiger partial charge in [0, 0.05) is 32.2 Å². The summed E-state index contributed by atoms with van der Waals surface area (Å²) in [6.07, 6.45) is 0.702. The number of anilines is 1. The number of hydrogen-bond donors (Lipinski definition) is 2. The molecular weight excluding hydrogens is 388 g/mol. The predicted molar refractivity (Wildman–Crippen MR) is 111 cm³/mol. The van der Waals surface area contributed by atoms with Crippen molar-refractivity contribution in [3.05, 3.63) is 70.3 Å². The number of ether oxygens (including phenoxy) is 1. The Hall–Kier alpha value is -3.30. The standard InChI is InChI=1S/C21H24N4O5/c26-20(21(27)23-17-9-4-5-10-18(17)25(28)29)22-11-6-12-24-13-14-30-19(15-24)16-7-2-1-3-8-16/h1-5,7-10,19H,6,11-15H2,(H,22,26)(H,23,27). The Labute approximate surface area is 174 Å². The molecule has 1 atom stereocenters. The van der Waals surface area contributed by atoms with Crippen molar-refractivity contribution in [2.45, 2.75) is 12.5 Å². The van der Waals surface area contributed by atoms with Gasteiger partial charge in [0.1, 0.15) is 5.69 Å². The van der Waals surface area contributed by atoms with E-state index in [-0.39, 0.29) is 17.5 Å². The molecule has 0 aliphatic carbocycles. The topological polar surface area (TPSA) is 114 Å². The molecule has 9 nitrogen and oxygen atoms in total. The van der Waals surface area contributed by atoms with E-state index < -0.39 is 16.7 Å². The Kier molecular flexibility index (Phi) is 7.47. The second-order valence-corrected chi connectivity index (χ2v) is 6.91. The predicted octanol–water partition coefficient (Wildman–Crippen LogP) is 2.11. The lowest BCUT2D eigenvalue weighted by Gasteiger charge is -2.33. The highest BCUT2D eigenvalue weighted by molar-refractivity contribution is 6.39. The van der Waals surface area contributed by atoms with Crippen molar-refractivity contribution in [1.82, 2.24) is 10.2 Å². The quantitative estimate of drug-likeness (QED) is 0.312. The summed E-state index contributed by atoms with van der Waals surface area (Å²) < 4.78 is 5.84. The molecule has 2 N–H and O–H groups in total. The second kappa shape index (κ2) is 10.5. The van der Waals surface area contributed by atoms with Crippen LogP contribution in [0.3, 0.4) is 0 Å². The summed E-state index contributed by atoms with van der Waals surface area (Å²) in [6, 6.07) is 15.7. The first-order chi connectivity index (χ1) is 14.5. The highest BCUT2D eigenvalue weighted by atomic mass is 16.6. The third-order valence-electron chi connectivity index (χ3n) is 4.81. The molecule has 1 heterocycles. The number of benzene rings is 2. The monoisotopic (exact) mass is 412 g/mol. The van der Waals surface area contributed by atoms with E-state index in [0.717, 1.165) is 25.2 Å². The van der Waals surface area contributed by atoms with E-state index in [4.69, 9.17) is 4.74 Å². The molecule has 9 heteroatoms. The second-order valence-electron chi connectivity index (χ2n) is 6.91. The van der Waals surface area contributed by atoms with E-state index in [1.165, 1.54) is 18.2 Å². The molecule has 2 aromatic carbocycles. The van der Waals surface area contributed by atoms with Gasteiger partial charge in [-0.25, -0.2) is 0 Å². The van der Waals surface area contributed by atoms with E-state index in [1.807, 2.05) is 30.3 Å². The van der Waals surface area contributed by atoms with Crippen LogP contribution < -0.4 is 10.6 Å². The van der Waals surface area contributed by atoms with Crippen LogP contribution in [0, 0.1) is 10.1 Å². The maximum Gasteiger partial charge on any atom is 0.313 e. The van der Waals surface area contributed by atoms with Crippen LogP contribution in [0.25, 0.3) is 0 Å². The number of rotatable bonds is 7. The Balaban J connectivity index is 1.40. The lowest BCUT2D eigenvalue weighted by Crippen LogP contribution is -2.41. The molecule has 0 bridgehead atoms. The molecular formula is C21H24N4O5. The minimum atomic E-state index is -0.931. The van der Waals surface area contributed by atoms with Crippen LogP contribution in [-0.4, -0.2) is 54.4 Å². The maximum atomic E-state index is 12.0. The first kappa shape index (κ1) is 21.4. The van der Waals surface area contributed by atoms with Gasteiger partial charge in [-0.15, -0.1) is 0 Å². The van der Waals surface area contributed by atoms with E-state index in [9.17, 15) is 19.7 Å². The Morgan fingerprint density at radius 3 is 2.60 bits per heavy atom. The van der Waals surface area contributed by atoms with Gasteiger partial charge in [0.15, 0.2) is 0 Å². The third kappa shape index (κ3) is 5.85. The minimum absolute atomic E-state index is 0.0112. The maximum absolute atomic E-state index is 12.0. The fourth-order valence-electron chi connectivity index (χ4n) is 3.28. The summed E-state index contributed by atoms with van der Waals surface area (Å²) in [6.45, 7) is 3.32. The summed E-state index contributed by atoms with van der Waals surface area (Å²) in [5.74, 6) is -1.75. The number of para-hydroxylation sites is 2. The van der Waals surface area contributed by atoms with Gasteiger partial charge in [-0.2, -0.15) is 0 Å². The fourth-order valence-corrected chi connectivity index (χ4v) is 3.28. The first-order valence-corrected chi connectivity index (χ1v) is 9.76. The largest absolute Gasteiger partial charge is 0.371 e. The molecule has 1 unspecified atom stereocenters. The lowest BCUT2D eigenvalue weighted by molar-refractivity contribution is -0.383. The number of morpholine rings is 1. The van der Waals surface area contributed by atoms with Crippen LogP contribution in [0.4, 0.5) is 11.4 Å². The van der Waals surface area contributed by atoms with Crippen molar-refractivity contribution in [2.75, 3.05) is 38.1 Å². The number of carbonyl (C=O) groups is 2. The van der Waals surface area contributed by atoms with Gasteiger partial charge in [0.05, 0.1) is 17.6 Å². The molecule has 0 spiro atoms. The smallest absolute Gasteiger partial charge is 0.313 e. The van der Waals surface area contributed by atoms with E-state index in [0.29, 0.717) is 19.6 Å².